The topological polar surface area (TPSA) is 370 Å². The third-order valence-corrected chi connectivity index (χ3v) is 18.4. The van der Waals surface area contributed by atoms with Gasteiger partial charge in [0.2, 0.25) is 29.5 Å². The number of rotatable bonds is 20. The first-order valence-corrected chi connectivity index (χ1v) is 33.2. The van der Waals surface area contributed by atoms with Crippen molar-refractivity contribution in [2.24, 2.45) is 5.92 Å². The Hall–Kier alpha value is -9.16. The largest absolute Gasteiger partial charge is 0.700 e. The number of carbonyl (C=O) groups excluding carboxylic acids is 6. The number of hydrogen-bond donors (Lipinski definition) is 6. The van der Waals surface area contributed by atoms with E-state index in [0.717, 1.165) is 39.5 Å². The van der Waals surface area contributed by atoms with E-state index in [2.05, 4.69) is 52.3 Å². The van der Waals surface area contributed by atoms with Gasteiger partial charge in [-0.3, -0.25) is 37.9 Å². The Morgan fingerprint density at radius 1 is 0.823 bits per heavy atom. The zero-order valence-electron chi connectivity index (χ0n) is 52.5. The standard InChI is InChI=1S/C63H68FN13O17P2/c1-36(2)53(72-48(78)16-9-10-18-50(80)75-27-41-14-6-5-12-39(41)21-22-40-13-7-8-15-44(40)75)61(84)70-37(3)59(82)71-42-23-19-38(20-24-42)29-88-62(85)74(4)25-11-17-49(79)73-56-54-58(67-33-65-56)76(35-69-54)51-26-45-46(92-51)30-91-96(87)94-63(32-89-47(55(63)81)31-90-95(86)93-45)77-28-43(64)52-57(77)66-34-68-60(52)83/h5-8,12-15,19-24,28,33-37,45-47,51,53,55,81H,9-11,16-18,25-27,29-32H2,1-4H3,(H3-2,65,66,67,68,70,71,72,73,78,79,82,83,84)/p+2/b22-21-/t37-,45-,46+,47+,51+,53-,55+,63+/m0/s1. The van der Waals surface area contributed by atoms with E-state index in [4.69, 9.17) is 32.3 Å². The number of ether oxygens (including phenoxy) is 3. The molecule has 0 radical (unpaired) electrons. The van der Waals surface area contributed by atoms with Crippen LogP contribution < -0.4 is 31.7 Å². The SMILES string of the molecule is CC(C)[C@H](NC(=O)CCCCC(=O)N1Cc2ccccc2/C=C\c2ccccc21)C(=O)N[C@@H](C)C(=O)Nc1ccc(COC(=O)N(C)CCCC(=O)Nc2ncnc3c2ncn3[C@H]2C[C@@H]3O[P+](=O)OC[C@H]4OC[C@@](n5cc(F)c6c(=O)[nH]cnc65)(O[P+](=O)OC[C@H]3O2)[C@@H]4O)cc1. The number of nitrogens with one attached hydrogen (secondary N) is 5. The number of benzene rings is 3. The third-order valence-electron chi connectivity index (χ3n) is 16.7. The number of halogens is 1. The Kier molecular flexibility index (Phi) is 21.5. The summed E-state index contributed by atoms with van der Waals surface area (Å²) in [6, 6.07) is 20.3. The molecule has 3 aromatic carbocycles. The molecule has 2 bridgehead atoms. The van der Waals surface area contributed by atoms with E-state index in [-0.39, 0.29) is 85.6 Å². The van der Waals surface area contributed by atoms with Crippen LogP contribution in [0.3, 0.4) is 0 Å². The van der Waals surface area contributed by atoms with E-state index >= 15 is 4.39 Å². The molecule has 4 aliphatic rings. The molecule has 6 N–H and O–H groups in total. The number of para-hydroxylation sites is 1. The molecular weight excluding hydrogens is 1290 g/mol. The average Bonchev–Trinajstić information content (AvgIpc) is 1.58. The van der Waals surface area contributed by atoms with E-state index in [0.29, 0.717) is 30.6 Å². The van der Waals surface area contributed by atoms with Crippen molar-refractivity contribution in [2.45, 2.75) is 127 Å². The number of H-pyrrole nitrogens is 1. The number of aliphatic hydroxyl groups excluding tert-OH is 1. The number of aromatic nitrogens is 7. The first kappa shape index (κ1) is 68.2. The maximum atomic E-state index is 15.2. The van der Waals surface area contributed by atoms with Crippen LogP contribution in [0.2, 0.25) is 0 Å². The predicted molar refractivity (Wildman–Crippen MR) is 343 cm³/mol. The highest BCUT2D eigenvalue weighted by atomic mass is 31.1. The summed E-state index contributed by atoms with van der Waals surface area (Å²) >= 11 is 0. The van der Waals surface area contributed by atoms with Crippen molar-refractivity contribution in [3.8, 4) is 0 Å². The minimum absolute atomic E-state index is 0.00703. The molecule has 3 fully saturated rings. The van der Waals surface area contributed by atoms with Crippen molar-refractivity contribution in [3.05, 3.63) is 136 Å². The fourth-order valence-corrected chi connectivity index (χ4v) is 13.1. The number of aromatic amines is 1. The molecule has 11 rings (SSSR count). The summed E-state index contributed by atoms with van der Waals surface area (Å²) in [6.07, 6.45) is 3.28. The van der Waals surface area contributed by atoms with Gasteiger partial charge >= 0.3 is 22.6 Å². The third kappa shape index (κ3) is 15.5. The van der Waals surface area contributed by atoms with E-state index in [1.807, 2.05) is 54.6 Å². The van der Waals surface area contributed by atoms with Gasteiger partial charge in [-0.05, 0) is 72.6 Å². The molecule has 504 valence electrons. The molecule has 8 heterocycles. The van der Waals surface area contributed by atoms with Gasteiger partial charge in [0, 0.05) is 60.3 Å². The lowest BCUT2D eigenvalue weighted by Gasteiger charge is -2.27. The van der Waals surface area contributed by atoms with Crippen molar-refractivity contribution < 1.29 is 79.7 Å². The van der Waals surface area contributed by atoms with E-state index in [9.17, 15) is 47.8 Å². The van der Waals surface area contributed by atoms with Gasteiger partial charge in [-0.1, -0.05) is 85.1 Å². The van der Waals surface area contributed by atoms with Crippen molar-refractivity contribution >= 4 is 104 Å². The molecule has 4 aliphatic heterocycles. The van der Waals surface area contributed by atoms with Gasteiger partial charge < -0.3 is 55.4 Å². The summed E-state index contributed by atoms with van der Waals surface area (Å²) in [6.45, 7) is 3.99. The number of hydrogen-bond acceptors (Lipinski definition) is 21. The Labute approximate surface area is 549 Å². The fraction of sp³-hybridized carbons (Fsp3) is 0.413. The number of amides is 6. The summed E-state index contributed by atoms with van der Waals surface area (Å²) < 4.78 is 84.6. The summed E-state index contributed by atoms with van der Waals surface area (Å²) in [5.41, 5.74) is 2.02. The summed E-state index contributed by atoms with van der Waals surface area (Å²) in [4.78, 5) is 115. The van der Waals surface area contributed by atoms with Gasteiger partial charge in [-0.15, -0.1) is 13.6 Å². The minimum Gasteiger partial charge on any atom is -0.445 e. The molecule has 2 unspecified atom stereocenters. The van der Waals surface area contributed by atoms with Crippen LogP contribution in [-0.4, -0.2) is 150 Å². The molecule has 7 aromatic rings. The van der Waals surface area contributed by atoms with E-state index in [1.54, 1.807) is 43.0 Å². The summed E-state index contributed by atoms with van der Waals surface area (Å²) in [5, 5.41) is 22.0. The second-order valence-corrected chi connectivity index (χ2v) is 25.5. The number of fused-ring (bicyclic) bond motifs is 7. The van der Waals surface area contributed by atoms with E-state index < -0.39 is 125 Å². The molecule has 96 heavy (non-hydrogen) atoms. The van der Waals surface area contributed by atoms with Crippen LogP contribution in [0, 0.1) is 11.7 Å². The van der Waals surface area contributed by atoms with Gasteiger partial charge in [0.15, 0.2) is 28.4 Å². The van der Waals surface area contributed by atoms with Crippen LogP contribution in [0.25, 0.3) is 34.3 Å². The zero-order chi connectivity index (χ0) is 67.8. The molecular formula is C63H70FN13O17P2+2. The highest BCUT2D eigenvalue weighted by Crippen LogP contribution is 2.47. The smallest absolute Gasteiger partial charge is 0.445 e. The second-order valence-electron chi connectivity index (χ2n) is 23.7. The number of unbranched alkanes of at least 4 members (excludes halogenated alkanes) is 1. The van der Waals surface area contributed by atoms with Gasteiger partial charge in [0.25, 0.3) is 11.3 Å². The highest BCUT2D eigenvalue weighted by Gasteiger charge is 2.60. The van der Waals surface area contributed by atoms with Crippen LogP contribution >= 0.6 is 16.5 Å². The normalized spacial score (nSPS) is 22.0. The number of carbonyl (C=O) groups is 6. The summed E-state index contributed by atoms with van der Waals surface area (Å²) in [5.74, 6) is -3.14. The maximum Gasteiger partial charge on any atom is 0.700 e. The number of imidazole rings is 1. The Bertz CT molecular complexity index is 4190. The Morgan fingerprint density at radius 3 is 2.35 bits per heavy atom. The predicted octanol–water partition coefficient (Wildman–Crippen LogP) is 7.02. The summed E-state index contributed by atoms with van der Waals surface area (Å²) in [7, 11) is -4.57. The lowest BCUT2D eigenvalue weighted by Crippen LogP contribution is -2.53. The maximum absolute atomic E-state index is 15.2. The highest BCUT2D eigenvalue weighted by molar-refractivity contribution is 7.33. The van der Waals surface area contributed by atoms with Crippen LogP contribution in [-0.2, 0) is 84.3 Å². The molecule has 6 amide bonds. The molecule has 10 atom stereocenters. The molecule has 0 saturated carbocycles. The molecule has 33 heteroatoms. The van der Waals surface area contributed by atoms with Crippen LogP contribution in [0.15, 0.2) is 103 Å². The Morgan fingerprint density at radius 2 is 1.55 bits per heavy atom. The van der Waals surface area contributed by atoms with Crippen molar-refractivity contribution in [1.29, 1.82) is 0 Å². The van der Waals surface area contributed by atoms with Crippen molar-refractivity contribution in [3.63, 3.8) is 0 Å². The van der Waals surface area contributed by atoms with Crippen molar-refractivity contribution in [1.82, 2.24) is 49.6 Å². The van der Waals surface area contributed by atoms with E-state index in [1.165, 1.54) is 36.1 Å². The average molecular weight is 1360 g/mol. The quantitative estimate of drug-likeness (QED) is 0.0330. The van der Waals surface area contributed by atoms with Crippen molar-refractivity contribution in [2.75, 3.05) is 48.9 Å². The van der Waals surface area contributed by atoms with Crippen LogP contribution in [0.5, 0.6) is 0 Å². The van der Waals surface area contributed by atoms with Gasteiger partial charge in [0.1, 0.15) is 80.9 Å². The minimum atomic E-state index is -3.17. The Balaban J connectivity index is 0.594. The fourth-order valence-electron chi connectivity index (χ4n) is 11.5. The van der Waals surface area contributed by atoms with Crippen LogP contribution in [0.4, 0.5) is 26.4 Å². The zero-order valence-corrected chi connectivity index (χ0v) is 54.3. The molecule has 0 spiro atoms. The van der Waals surface area contributed by atoms with Gasteiger partial charge in [0.05, 0.1) is 24.9 Å². The molecule has 3 saturated heterocycles. The monoisotopic (exact) mass is 1360 g/mol. The molecule has 4 aromatic heterocycles. The van der Waals surface area contributed by atoms with Gasteiger partial charge in [-0.25, -0.2) is 29.1 Å². The van der Waals surface area contributed by atoms with Crippen LogP contribution in [0.1, 0.15) is 94.2 Å². The number of aliphatic hydroxyl groups is 1. The first-order valence-electron chi connectivity index (χ1n) is 31.0. The molecule has 30 nitrogen and oxygen atoms in total. The number of anilines is 3. The lowest BCUT2D eigenvalue weighted by atomic mass is 10.0. The molecule has 0 aliphatic carbocycles. The second kappa shape index (κ2) is 30.3. The first-order chi connectivity index (χ1) is 46.2. The van der Waals surface area contributed by atoms with Gasteiger partial charge in [-0.2, -0.15) is 0 Å². The lowest BCUT2D eigenvalue weighted by molar-refractivity contribution is -0.131. The number of nitrogens with zero attached hydrogens (tertiary/aromatic N) is 8.